The van der Waals surface area contributed by atoms with Crippen LogP contribution in [0.25, 0.3) is 0 Å². The molecule has 0 spiro atoms. The molecule has 38 valence electrons. The average molecular weight is 108 g/mol. The first-order chi connectivity index (χ1) is 2.27. The largest absolute Gasteiger partial charge is 0.481 e. The van der Waals surface area contributed by atoms with Crippen LogP contribution in [0.1, 0.15) is 7.43 Å². The second-order valence-corrected chi connectivity index (χ2v) is 0.868. The van der Waals surface area contributed by atoms with Gasteiger partial charge in [-0.3, -0.25) is 4.79 Å². The van der Waals surface area contributed by atoms with Gasteiger partial charge in [0, 0.05) is 0 Å². The second-order valence-electron chi connectivity index (χ2n) is 0.552. The van der Waals surface area contributed by atoms with E-state index >= 15 is 0 Å². The lowest BCUT2D eigenvalue weighted by Crippen LogP contribution is -1.92. The van der Waals surface area contributed by atoms with Crippen molar-refractivity contribution in [3.63, 3.8) is 0 Å². The Morgan fingerprint density at radius 1 is 1.83 bits per heavy atom. The quantitative estimate of drug-likeness (QED) is 0.483. The zero-order chi connectivity index (χ0) is 4.28. The van der Waals surface area contributed by atoms with Gasteiger partial charge in [-0.05, 0) is 0 Å². The fourth-order valence-electron chi connectivity index (χ4n) is 0. The van der Waals surface area contributed by atoms with Crippen LogP contribution in [0.5, 0.6) is 0 Å². The fraction of sp³-hybridized carbons (Fsp3) is 0.667. The Kier molecular flexibility index (Phi) is 7.44. The molecule has 0 amide bonds. The van der Waals surface area contributed by atoms with Crippen molar-refractivity contribution in [3.05, 3.63) is 0 Å². The molecular weight excluding hydrogens is 100 g/mol. The number of carbonyl (C=O) groups is 1. The molecule has 0 heterocycles. The number of carboxylic acid groups (broad SMARTS) is 1. The zero-order valence-corrected chi connectivity index (χ0v) is 3.40. The van der Waals surface area contributed by atoms with Crippen LogP contribution in [0.4, 0.5) is 0 Å². The van der Waals surface area contributed by atoms with Crippen molar-refractivity contribution in [3.8, 4) is 0 Å². The van der Waals surface area contributed by atoms with Crippen LogP contribution in [-0.4, -0.2) is 16.8 Å². The Hall–Kier alpha value is -0.180. The van der Waals surface area contributed by atoms with Gasteiger partial charge < -0.3 is 5.11 Å². The van der Waals surface area contributed by atoms with E-state index in [-0.39, 0.29) is 13.2 Å². The molecule has 0 bridgehead atoms. The molecule has 0 fully saturated rings. The van der Waals surface area contributed by atoms with Crippen LogP contribution in [0.3, 0.4) is 0 Å². The van der Waals surface area contributed by atoms with Gasteiger partial charge in [0.15, 0.2) is 0 Å². The molecule has 2 nitrogen and oxygen atoms in total. The van der Waals surface area contributed by atoms with E-state index in [0.29, 0.717) is 0 Å². The molecule has 0 atom stereocenters. The Bertz CT molecular complexity index is 44.1. The minimum absolute atomic E-state index is 0. The minimum atomic E-state index is -0.881. The summed E-state index contributed by atoms with van der Waals surface area (Å²) in [7, 11) is 0. The minimum Gasteiger partial charge on any atom is -0.481 e. The second kappa shape index (κ2) is 4.82. The summed E-state index contributed by atoms with van der Waals surface area (Å²) in [6.45, 7) is 0. The first-order valence-electron chi connectivity index (χ1n) is 1.10. The van der Waals surface area contributed by atoms with Crippen molar-refractivity contribution in [1.82, 2.24) is 0 Å². The summed E-state index contributed by atoms with van der Waals surface area (Å²) in [5.74, 6) is -0.965. The molecule has 0 aromatic heterocycles. The van der Waals surface area contributed by atoms with Gasteiger partial charge in [-0.25, -0.2) is 0 Å². The van der Waals surface area contributed by atoms with Gasteiger partial charge in [-0.2, -0.15) is 12.6 Å². The molecule has 0 aromatic carbocycles. The smallest absolute Gasteiger partial charge is 0.313 e. The highest BCUT2D eigenvalue weighted by atomic mass is 32.1. The third-order valence-corrected chi connectivity index (χ3v) is 0.406. The summed E-state index contributed by atoms with van der Waals surface area (Å²) in [6, 6.07) is 0. The predicted molar refractivity (Wildman–Crippen MR) is 28.2 cm³/mol. The van der Waals surface area contributed by atoms with Gasteiger partial charge in [0.1, 0.15) is 0 Å². The van der Waals surface area contributed by atoms with Crippen LogP contribution in [0.15, 0.2) is 0 Å². The average Bonchev–Trinajstić information content (AvgIpc) is 1.38. The number of aliphatic carboxylic acids is 1. The summed E-state index contributed by atoms with van der Waals surface area (Å²) in [6.07, 6.45) is 0. The van der Waals surface area contributed by atoms with Crippen molar-refractivity contribution >= 4 is 18.6 Å². The van der Waals surface area contributed by atoms with E-state index < -0.39 is 5.97 Å². The maximum atomic E-state index is 9.29. The number of thiol groups is 1. The predicted octanol–water partition coefficient (Wildman–Crippen LogP) is 0.637. The van der Waals surface area contributed by atoms with Crippen molar-refractivity contribution in [2.45, 2.75) is 7.43 Å². The van der Waals surface area contributed by atoms with Crippen LogP contribution in [0.2, 0.25) is 0 Å². The molecule has 1 N–H and O–H groups in total. The summed E-state index contributed by atoms with van der Waals surface area (Å²) in [4.78, 5) is 9.29. The summed E-state index contributed by atoms with van der Waals surface area (Å²) < 4.78 is 0. The Morgan fingerprint density at radius 3 is 2.00 bits per heavy atom. The van der Waals surface area contributed by atoms with Gasteiger partial charge >= 0.3 is 5.97 Å². The highest BCUT2D eigenvalue weighted by Gasteiger charge is 1.81. The van der Waals surface area contributed by atoms with Crippen molar-refractivity contribution in [2.75, 3.05) is 5.75 Å². The lowest BCUT2D eigenvalue weighted by molar-refractivity contribution is -0.133. The molecule has 0 aliphatic carbocycles. The van der Waals surface area contributed by atoms with Crippen LogP contribution < -0.4 is 0 Å². The molecule has 0 radical (unpaired) electrons. The van der Waals surface area contributed by atoms with Crippen molar-refractivity contribution in [1.29, 1.82) is 0 Å². The van der Waals surface area contributed by atoms with E-state index in [0.717, 1.165) is 0 Å². The van der Waals surface area contributed by atoms with E-state index in [1.54, 1.807) is 0 Å². The van der Waals surface area contributed by atoms with Gasteiger partial charge in [0.25, 0.3) is 0 Å². The lowest BCUT2D eigenvalue weighted by Gasteiger charge is -1.71. The molecule has 0 aromatic rings. The van der Waals surface area contributed by atoms with Crippen LogP contribution in [0, 0.1) is 0 Å². The SMILES string of the molecule is C.O=C(O)CS. The van der Waals surface area contributed by atoms with Crippen molar-refractivity contribution < 1.29 is 9.90 Å². The summed E-state index contributed by atoms with van der Waals surface area (Å²) in [5.41, 5.74) is 0. The Morgan fingerprint density at radius 2 is 2.00 bits per heavy atom. The van der Waals surface area contributed by atoms with Crippen LogP contribution in [-0.2, 0) is 4.79 Å². The third-order valence-electron chi connectivity index (χ3n) is 0.135. The lowest BCUT2D eigenvalue weighted by atomic mass is 10.8. The maximum Gasteiger partial charge on any atom is 0.313 e. The Labute approximate surface area is 42.6 Å². The standard InChI is InChI=1S/C2H4O2S.CH4/c3-2(4)1-5;/h5H,1H2,(H,3,4);1H4. The number of hydrogen-bond donors (Lipinski definition) is 2. The molecule has 0 saturated heterocycles. The van der Waals surface area contributed by atoms with E-state index in [1.165, 1.54) is 0 Å². The molecule has 3 heteroatoms. The molecular formula is C3H8O2S. The highest BCUT2D eigenvalue weighted by Crippen LogP contribution is 1.66. The van der Waals surface area contributed by atoms with Gasteiger partial charge in [0.05, 0.1) is 5.75 Å². The topological polar surface area (TPSA) is 37.3 Å². The first kappa shape index (κ1) is 9.27. The monoisotopic (exact) mass is 108 g/mol. The van der Waals surface area contributed by atoms with Crippen molar-refractivity contribution in [2.24, 2.45) is 0 Å². The van der Waals surface area contributed by atoms with E-state index in [2.05, 4.69) is 12.6 Å². The van der Waals surface area contributed by atoms with Gasteiger partial charge in [-0.15, -0.1) is 0 Å². The van der Waals surface area contributed by atoms with E-state index in [4.69, 9.17) is 5.11 Å². The van der Waals surface area contributed by atoms with Gasteiger partial charge in [0.2, 0.25) is 0 Å². The maximum absolute atomic E-state index is 9.29. The van der Waals surface area contributed by atoms with Gasteiger partial charge in [-0.1, -0.05) is 7.43 Å². The highest BCUT2D eigenvalue weighted by molar-refractivity contribution is 7.81. The number of carboxylic acids is 1. The molecule has 0 rings (SSSR count). The van der Waals surface area contributed by atoms with E-state index in [1.807, 2.05) is 0 Å². The molecule has 0 saturated carbocycles. The Balaban J connectivity index is 0. The first-order valence-corrected chi connectivity index (χ1v) is 1.73. The normalized spacial score (nSPS) is 6.17. The number of hydrogen-bond acceptors (Lipinski definition) is 2. The molecule has 0 aliphatic rings. The number of rotatable bonds is 1. The molecule has 0 unspecified atom stereocenters. The zero-order valence-electron chi connectivity index (χ0n) is 2.51. The summed E-state index contributed by atoms with van der Waals surface area (Å²) >= 11 is 3.42. The van der Waals surface area contributed by atoms with Crippen LogP contribution >= 0.6 is 12.6 Å². The van der Waals surface area contributed by atoms with E-state index in [9.17, 15) is 4.79 Å². The third kappa shape index (κ3) is 9.17. The molecule has 0 aliphatic heterocycles. The molecule has 6 heavy (non-hydrogen) atoms. The summed E-state index contributed by atoms with van der Waals surface area (Å²) in [5, 5.41) is 7.65. The fourth-order valence-corrected chi connectivity index (χ4v) is 0.